The minimum absolute atomic E-state index is 0.113. The van der Waals surface area contributed by atoms with Crippen LogP contribution in [0.25, 0.3) is 0 Å². The predicted molar refractivity (Wildman–Crippen MR) is 47.6 cm³/mol. The molecule has 1 aliphatic heterocycles. The Labute approximate surface area is 82.4 Å². The third kappa shape index (κ3) is 1.60. The Morgan fingerprint density at radius 2 is 2.21 bits per heavy atom. The summed E-state index contributed by atoms with van der Waals surface area (Å²) in [6.07, 6.45) is 0.196. The molecule has 1 aliphatic rings. The van der Waals surface area contributed by atoms with Crippen molar-refractivity contribution in [1.29, 1.82) is 10.5 Å². The Hall–Kier alpha value is -1.81. The number of hydrogen-bond acceptors (Lipinski definition) is 4. The van der Waals surface area contributed by atoms with Gasteiger partial charge in [0.15, 0.2) is 5.78 Å². The zero-order valence-electron chi connectivity index (χ0n) is 8.13. The summed E-state index contributed by atoms with van der Waals surface area (Å²) in [5, 5.41) is 17.5. The molecular weight excluding hydrogens is 180 g/mol. The zero-order chi connectivity index (χ0) is 10.8. The molecule has 1 heterocycles. The average Bonchev–Trinajstić information content (AvgIpc) is 2.21. The fraction of sp³-hybridized carbons (Fsp3) is 0.500. The second kappa shape index (κ2) is 3.51. The third-order valence-electron chi connectivity index (χ3n) is 2.34. The molecule has 1 saturated heterocycles. The molecule has 4 nitrogen and oxygen atoms in total. The van der Waals surface area contributed by atoms with E-state index in [0.29, 0.717) is 11.3 Å². The van der Waals surface area contributed by atoms with Crippen LogP contribution in [0.2, 0.25) is 0 Å². The van der Waals surface area contributed by atoms with Crippen molar-refractivity contribution in [3.05, 3.63) is 11.3 Å². The van der Waals surface area contributed by atoms with Crippen LogP contribution in [0.4, 0.5) is 0 Å². The van der Waals surface area contributed by atoms with E-state index in [4.69, 9.17) is 15.3 Å². The number of ketones is 1. The van der Waals surface area contributed by atoms with Crippen LogP contribution < -0.4 is 0 Å². The van der Waals surface area contributed by atoms with Crippen LogP contribution in [0.3, 0.4) is 0 Å². The first-order valence-electron chi connectivity index (χ1n) is 4.20. The summed E-state index contributed by atoms with van der Waals surface area (Å²) in [5.41, 5.74) is -0.606. The quantitative estimate of drug-likeness (QED) is 0.539. The molecule has 4 heteroatoms. The Morgan fingerprint density at radius 1 is 1.57 bits per heavy atom. The number of allylic oxidation sites excluding steroid dienone is 2. The number of Topliss-reactive ketones (excluding diaryl/α,β-unsaturated/α-hetero) is 1. The van der Waals surface area contributed by atoms with E-state index in [2.05, 4.69) is 0 Å². The number of ether oxygens (including phenoxy) is 1. The molecule has 1 unspecified atom stereocenters. The maximum absolute atomic E-state index is 11.4. The maximum Gasteiger partial charge on any atom is 0.190 e. The molecule has 72 valence electrons. The van der Waals surface area contributed by atoms with Gasteiger partial charge >= 0.3 is 0 Å². The van der Waals surface area contributed by atoms with E-state index in [0.717, 1.165) is 0 Å². The number of hydrogen-bond donors (Lipinski definition) is 0. The molecule has 0 aromatic carbocycles. The molecule has 1 atom stereocenters. The summed E-state index contributed by atoms with van der Waals surface area (Å²) < 4.78 is 5.10. The molecule has 0 aromatic heterocycles. The summed E-state index contributed by atoms with van der Waals surface area (Å²) in [6.45, 7) is 3.07. The van der Waals surface area contributed by atoms with E-state index in [1.807, 2.05) is 12.1 Å². The molecule has 0 aliphatic carbocycles. The molecule has 0 saturated carbocycles. The van der Waals surface area contributed by atoms with E-state index < -0.39 is 5.41 Å². The largest absolute Gasteiger partial charge is 0.489 e. The van der Waals surface area contributed by atoms with E-state index in [1.54, 1.807) is 13.8 Å². The van der Waals surface area contributed by atoms with Gasteiger partial charge in [0.25, 0.3) is 0 Å². The number of carbonyl (C=O) groups is 1. The summed E-state index contributed by atoms with van der Waals surface area (Å²) in [4.78, 5) is 11.4. The van der Waals surface area contributed by atoms with Gasteiger partial charge in [0.05, 0.1) is 17.7 Å². The molecule has 0 N–H and O–H groups in total. The topological polar surface area (TPSA) is 73.9 Å². The Bertz CT molecular complexity index is 384. The van der Waals surface area contributed by atoms with Gasteiger partial charge in [-0.3, -0.25) is 4.79 Å². The van der Waals surface area contributed by atoms with E-state index >= 15 is 0 Å². The van der Waals surface area contributed by atoms with Gasteiger partial charge in [-0.25, -0.2) is 0 Å². The summed E-state index contributed by atoms with van der Waals surface area (Å²) in [5.74, 6) is 0.227. The van der Waals surface area contributed by atoms with Crippen molar-refractivity contribution in [1.82, 2.24) is 0 Å². The molecule has 14 heavy (non-hydrogen) atoms. The van der Waals surface area contributed by atoms with Gasteiger partial charge in [0.2, 0.25) is 0 Å². The zero-order valence-corrected chi connectivity index (χ0v) is 8.13. The van der Waals surface area contributed by atoms with Crippen molar-refractivity contribution in [3.63, 3.8) is 0 Å². The number of nitriles is 2. The smallest absolute Gasteiger partial charge is 0.190 e. The Balaban J connectivity index is 3.02. The first kappa shape index (κ1) is 10.3. The van der Waals surface area contributed by atoms with Crippen molar-refractivity contribution < 1.29 is 9.53 Å². The third-order valence-corrected chi connectivity index (χ3v) is 2.34. The second-order valence-electron chi connectivity index (χ2n) is 3.49. The lowest BCUT2D eigenvalue weighted by Crippen LogP contribution is -2.35. The minimum atomic E-state index is -1.04. The lowest BCUT2D eigenvalue weighted by Gasteiger charge is -2.27. The van der Waals surface area contributed by atoms with Gasteiger partial charge in [0.1, 0.15) is 17.8 Å². The summed E-state index contributed by atoms with van der Waals surface area (Å²) >= 11 is 0. The maximum atomic E-state index is 11.4. The van der Waals surface area contributed by atoms with Crippen molar-refractivity contribution in [3.8, 4) is 12.1 Å². The molecular formula is C10H10N2O2. The van der Waals surface area contributed by atoms with Crippen LogP contribution in [0, 0.1) is 28.1 Å². The lowest BCUT2D eigenvalue weighted by molar-refractivity contribution is -0.132. The number of rotatable bonds is 0. The highest BCUT2D eigenvalue weighted by Gasteiger charge is 2.39. The number of nitrogens with zero attached hydrogens (tertiary/aromatic N) is 2. The van der Waals surface area contributed by atoms with Crippen LogP contribution >= 0.6 is 0 Å². The molecule has 1 fully saturated rings. The van der Waals surface area contributed by atoms with E-state index in [-0.39, 0.29) is 18.8 Å². The van der Waals surface area contributed by atoms with Crippen molar-refractivity contribution in [2.24, 2.45) is 5.41 Å². The Morgan fingerprint density at radius 3 is 2.71 bits per heavy atom. The van der Waals surface area contributed by atoms with Crippen molar-refractivity contribution in [2.75, 3.05) is 6.61 Å². The Kier molecular flexibility index (Phi) is 2.58. The van der Waals surface area contributed by atoms with Crippen LogP contribution in [0.15, 0.2) is 11.3 Å². The van der Waals surface area contributed by atoms with E-state index in [9.17, 15) is 4.79 Å². The van der Waals surface area contributed by atoms with Crippen LogP contribution in [-0.2, 0) is 9.53 Å². The van der Waals surface area contributed by atoms with Gasteiger partial charge in [-0.1, -0.05) is 0 Å². The molecule has 0 spiro atoms. The molecule has 0 bridgehead atoms. The second-order valence-corrected chi connectivity index (χ2v) is 3.49. The van der Waals surface area contributed by atoms with Crippen molar-refractivity contribution >= 4 is 5.78 Å². The standard InChI is InChI=1S/C10H10N2O2/c1-7(4-11)8-3-10(2,6-12)9(13)5-14-8/h3,5H2,1-2H3. The lowest BCUT2D eigenvalue weighted by atomic mass is 9.81. The van der Waals surface area contributed by atoms with Gasteiger partial charge in [-0.15, -0.1) is 0 Å². The fourth-order valence-electron chi connectivity index (χ4n) is 1.19. The van der Waals surface area contributed by atoms with E-state index in [1.165, 1.54) is 0 Å². The van der Waals surface area contributed by atoms with Crippen LogP contribution in [0.5, 0.6) is 0 Å². The van der Waals surface area contributed by atoms with Gasteiger partial charge < -0.3 is 4.74 Å². The SMILES string of the molecule is CC(C#N)=C1CC(C)(C#N)C(=O)CO1. The molecule has 0 amide bonds. The first-order valence-corrected chi connectivity index (χ1v) is 4.20. The fourth-order valence-corrected chi connectivity index (χ4v) is 1.19. The first-order chi connectivity index (χ1) is 6.53. The van der Waals surface area contributed by atoms with Crippen molar-refractivity contribution in [2.45, 2.75) is 20.3 Å². The summed E-state index contributed by atoms with van der Waals surface area (Å²) in [6, 6.07) is 3.91. The normalized spacial score (nSPS) is 29.9. The van der Waals surface area contributed by atoms with Gasteiger partial charge in [0, 0.05) is 6.42 Å². The highest BCUT2D eigenvalue weighted by Crippen LogP contribution is 2.32. The van der Waals surface area contributed by atoms with Gasteiger partial charge in [-0.05, 0) is 13.8 Å². The van der Waals surface area contributed by atoms with Crippen LogP contribution in [-0.4, -0.2) is 12.4 Å². The minimum Gasteiger partial charge on any atom is -0.489 e. The predicted octanol–water partition coefficient (Wildman–Crippen LogP) is 1.30. The molecule has 0 radical (unpaired) electrons. The van der Waals surface area contributed by atoms with Gasteiger partial charge in [-0.2, -0.15) is 10.5 Å². The highest BCUT2D eigenvalue weighted by molar-refractivity contribution is 5.89. The monoisotopic (exact) mass is 190 g/mol. The van der Waals surface area contributed by atoms with Crippen LogP contribution in [0.1, 0.15) is 20.3 Å². The molecule has 1 rings (SSSR count). The highest BCUT2D eigenvalue weighted by atomic mass is 16.5. The molecule has 0 aromatic rings. The summed E-state index contributed by atoms with van der Waals surface area (Å²) in [7, 11) is 0. The number of carbonyl (C=O) groups excluding carboxylic acids is 1. The average molecular weight is 190 g/mol.